The molecule has 2 aromatic carbocycles. The summed E-state index contributed by atoms with van der Waals surface area (Å²) in [5, 5.41) is 0.487. The normalized spacial score (nSPS) is 18.1. The molecule has 0 aliphatic carbocycles. The number of carbonyl (C=O) groups excluding carboxylic acids is 1. The molecule has 0 fully saturated rings. The van der Waals surface area contributed by atoms with E-state index in [9.17, 15) is 9.59 Å². The number of fused-ring (bicyclic) bond motifs is 3. The highest BCUT2D eigenvalue weighted by molar-refractivity contribution is 5.80. The van der Waals surface area contributed by atoms with Gasteiger partial charge in [0.15, 0.2) is 16.9 Å². The van der Waals surface area contributed by atoms with Gasteiger partial charge in [-0.25, -0.2) is 0 Å². The predicted molar refractivity (Wildman–Crippen MR) is 87.1 cm³/mol. The number of hydrogen-bond donors (Lipinski definition) is 0. The number of benzene rings is 2. The van der Waals surface area contributed by atoms with Crippen molar-refractivity contribution in [3.05, 3.63) is 64.0 Å². The van der Waals surface area contributed by atoms with E-state index in [2.05, 4.69) is 0 Å². The lowest BCUT2D eigenvalue weighted by molar-refractivity contribution is -0.135. The zero-order chi connectivity index (χ0) is 17.0. The van der Waals surface area contributed by atoms with Crippen LogP contribution in [0.4, 0.5) is 0 Å². The first-order valence-corrected chi connectivity index (χ1v) is 7.85. The molecule has 0 bridgehead atoms. The molecule has 1 unspecified atom stereocenters. The fourth-order valence-corrected chi connectivity index (χ4v) is 3.35. The van der Waals surface area contributed by atoms with Gasteiger partial charge in [0, 0.05) is 23.1 Å². The quantitative estimate of drug-likeness (QED) is 0.502. The molecule has 1 atom stereocenters. The number of carbonyl (C=O) groups is 1. The van der Waals surface area contributed by atoms with E-state index in [4.69, 9.17) is 18.6 Å². The Bertz CT molecular complexity index is 1080. The third kappa shape index (κ3) is 2.11. The van der Waals surface area contributed by atoms with Gasteiger partial charge in [-0.05, 0) is 18.2 Å². The second-order valence-electron chi connectivity index (χ2n) is 5.99. The van der Waals surface area contributed by atoms with Gasteiger partial charge < -0.3 is 18.6 Å². The summed E-state index contributed by atoms with van der Waals surface area (Å²) in [5.74, 6) is 0.637. The Morgan fingerprint density at radius 3 is 2.60 bits per heavy atom. The average Bonchev–Trinajstić information content (AvgIpc) is 3.07. The van der Waals surface area contributed by atoms with Crippen LogP contribution >= 0.6 is 0 Å². The van der Waals surface area contributed by atoms with E-state index in [1.807, 2.05) is 0 Å². The molecule has 0 saturated carbocycles. The van der Waals surface area contributed by atoms with Crippen LogP contribution in [0.2, 0.25) is 0 Å². The minimum Gasteiger partial charge on any atom is -0.464 e. The molecule has 3 heterocycles. The fourth-order valence-electron chi connectivity index (χ4n) is 3.35. The fraction of sp³-hybridized carbons (Fsp3) is 0.158. The number of hydrogen-bond acceptors (Lipinski definition) is 6. The van der Waals surface area contributed by atoms with E-state index in [-0.39, 0.29) is 18.6 Å². The molecule has 0 saturated heterocycles. The molecule has 3 aromatic rings. The Balaban J connectivity index is 1.72. The zero-order valence-electron chi connectivity index (χ0n) is 13.0. The number of para-hydroxylation sites is 1. The van der Waals surface area contributed by atoms with Crippen molar-refractivity contribution in [2.45, 2.75) is 12.3 Å². The molecule has 6 nitrogen and oxygen atoms in total. The van der Waals surface area contributed by atoms with Gasteiger partial charge in [0.2, 0.25) is 6.79 Å². The van der Waals surface area contributed by atoms with Crippen LogP contribution < -0.4 is 19.6 Å². The summed E-state index contributed by atoms with van der Waals surface area (Å²) < 4.78 is 21.7. The molecule has 0 spiro atoms. The van der Waals surface area contributed by atoms with Crippen molar-refractivity contribution in [3.8, 4) is 17.2 Å². The van der Waals surface area contributed by atoms with Crippen molar-refractivity contribution in [2.75, 3.05) is 6.79 Å². The van der Waals surface area contributed by atoms with Crippen LogP contribution in [0.5, 0.6) is 17.2 Å². The largest absolute Gasteiger partial charge is 0.464 e. The van der Waals surface area contributed by atoms with Crippen LogP contribution in [-0.4, -0.2) is 12.8 Å². The van der Waals surface area contributed by atoms with Gasteiger partial charge in [0.1, 0.15) is 11.3 Å². The van der Waals surface area contributed by atoms with Crippen LogP contribution in [0.15, 0.2) is 51.9 Å². The van der Waals surface area contributed by atoms with Crippen LogP contribution in [0.3, 0.4) is 0 Å². The second-order valence-corrected chi connectivity index (χ2v) is 5.99. The van der Waals surface area contributed by atoms with Crippen molar-refractivity contribution in [1.29, 1.82) is 0 Å². The van der Waals surface area contributed by atoms with Crippen LogP contribution in [0.1, 0.15) is 23.5 Å². The first kappa shape index (κ1) is 14.1. The number of ether oxygens (including phenoxy) is 3. The van der Waals surface area contributed by atoms with E-state index >= 15 is 0 Å². The van der Waals surface area contributed by atoms with Crippen LogP contribution in [-0.2, 0) is 4.79 Å². The molecular weight excluding hydrogens is 324 g/mol. The number of rotatable bonds is 1. The van der Waals surface area contributed by atoms with Crippen molar-refractivity contribution in [2.24, 2.45) is 0 Å². The Kier molecular flexibility index (Phi) is 2.88. The summed E-state index contributed by atoms with van der Waals surface area (Å²) in [4.78, 5) is 25.0. The van der Waals surface area contributed by atoms with Gasteiger partial charge >= 0.3 is 5.97 Å². The summed E-state index contributed by atoms with van der Waals surface area (Å²) in [6.07, 6.45) is 1.50. The Morgan fingerprint density at radius 2 is 1.72 bits per heavy atom. The first-order chi connectivity index (χ1) is 12.2. The topological polar surface area (TPSA) is 75.0 Å². The summed E-state index contributed by atoms with van der Waals surface area (Å²) in [6, 6.07) is 10.4. The Labute approximate surface area is 141 Å². The number of esters is 1. The molecule has 0 radical (unpaired) electrons. The Morgan fingerprint density at radius 1 is 0.920 bits per heavy atom. The minimum absolute atomic E-state index is 0.0652. The maximum absolute atomic E-state index is 12.9. The third-order valence-corrected chi connectivity index (χ3v) is 4.56. The molecule has 25 heavy (non-hydrogen) atoms. The lowest BCUT2D eigenvalue weighted by Crippen LogP contribution is -2.24. The van der Waals surface area contributed by atoms with Crippen LogP contribution in [0.25, 0.3) is 11.0 Å². The predicted octanol–water partition coefficient (Wildman–Crippen LogP) is 2.96. The average molecular weight is 336 g/mol. The summed E-state index contributed by atoms with van der Waals surface area (Å²) >= 11 is 0. The zero-order valence-corrected chi connectivity index (χ0v) is 13.0. The summed E-state index contributed by atoms with van der Waals surface area (Å²) in [5.41, 5.74) is 1.51. The van der Waals surface area contributed by atoms with Crippen molar-refractivity contribution >= 4 is 16.9 Å². The monoisotopic (exact) mass is 336 g/mol. The van der Waals surface area contributed by atoms with Crippen molar-refractivity contribution < 1.29 is 23.4 Å². The standard InChI is InChI=1S/C19H12O6/c20-18-6-11(12-5-16-17(24-9-23-16)7-15(12)25-18)13-8-22-14-4-2-1-3-10(14)19(13)21/h1-5,7-8,11H,6,9H2. The van der Waals surface area contributed by atoms with Gasteiger partial charge in [-0.3, -0.25) is 9.59 Å². The SMILES string of the molecule is O=C1CC(c2coc3ccccc3c2=O)c2cc3c(cc2O1)OCO3. The molecule has 1 aromatic heterocycles. The summed E-state index contributed by atoms with van der Waals surface area (Å²) in [6.45, 7) is 0.120. The molecule has 6 heteroatoms. The smallest absolute Gasteiger partial charge is 0.312 e. The highest BCUT2D eigenvalue weighted by atomic mass is 16.7. The van der Waals surface area contributed by atoms with Gasteiger partial charge in [-0.2, -0.15) is 0 Å². The van der Waals surface area contributed by atoms with Crippen LogP contribution in [0, 0.1) is 0 Å². The van der Waals surface area contributed by atoms with E-state index in [0.717, 1.165) is 0 Å². The summed E-state index contributed by atoms with van der Waals surface area (Å²) in [7, 11) is 0. The van der Waals surface area contributed by atoms with E-state index in [0.29, 0.717) is 39.3 Å². The van der Waals surface area contributed by atoms with Gasteiger partial charge in [-0.15, -0.1) is 0 Å². The lowest BCUT2D eigenvalue weighted by atomic mass is 9.86. The van der Waals surface area contributed by atoms with E-state index in [1.165, 1.54) is 6.26 Å². The van der Waals surface area contributed by atoms with Gasteiger partial charge in [0.25, 0.3) is 0 Å². The first-order valence-electron chi connectivity index (χ1n) is 7.85. The lowest BCUT2D eigenvalue weighted by Gasteiger charge is -2.24. The van der Waals surface area contributed by atoms with Crippen molar-refractivity contribution in [3.63, 3.8) is 0 Å². The highest BCUT2D eigenvalue weighted by Gasteiger charge is 2.33. The molecule has 0 N–H and O–H groups in total. The van der Waals surface area contributed by atoms with Gasteiger partial charge in [0.05, 0.1) is 18.1 Å². The van der Waals surface area contributed by atoms with E-state index in [1.54, 1.807) is 36.4 Å². The molecule has 2 aliphatic heterocycles. The highest BCUT2D eigenvalue weighted by Crippen LogP contribution is 2.45. The van der Waals surface area contributed by atoms with E-state index < -0.39 is 11.9 Å². The second kappa shape index (κ2) is 5.11. The van der Waals surface area contributed by atoms with Crippen molar-refractivity contribution in [1.82, 2.24) is 0 Å². The molecule has 0 amide bonds. The molecule has 5 rings (SSSR count). The molecule has 2 aliphatic rings. The van der Waals surface area contributed by atoms with Gasteiger partial charge in [-0.1, -0.05) is 12.1 Å². The minimum atomic E-state index is -0.452. The molecule has 124 valence electrons. The Hall–Kier alpha value is -3.28. The molecular formula is C19H12O6. The maximum Gasteiger partial charge on any atom is 0.312 e. The third-order valence-electron chi connectivity index (χ3n) is 4.56. The maximum atomic E-state index is 12.9.